The molecule has 0 heterocycles. The third-order valence-electron chi connectivity index (χ3n) is 7.52. The summed E-state index contributed by atoms with van der Waals surface area (Å²) in [6.07, 6.45) is 0.302. The summed E-state index contributed by atoms with van der Waals surface area (Å²) in [5.74, 6) is -4.15. The lowest BCUT2D eigenvalue weighted by molar-refractivity contribution is -0.168. The van der Waals surface area contributed by atoms with E-state index in [2.05, 4.69) is 0 Å². The van der Waals surface area contributed by atoms with Crippen LogP contribution in [0.25, 0.3) is 0 Å². The molecule has 0 N–H and O–H groups in total. The number of unbranched alkanes of at least 4 members (excludes halogenated alkanes) is 1. The van der Waals surface area contributed by atoms with Crippen molar-refractivity contribution in [3.8, 4) is 0 Å². The van der Waals surface area contributed by atoms with Gasteiger partial charge in [0.25, 0.3) is 0 Å². The number of carbonyl (C=O) groups excluding carboxylic acids is 6. The molecule has 12 heteroatoms. The van der Waals surface area contributed by atoms with Crippen LogP contribution in [0.5, 0.6) is 0 Å². The Morgan fingerprint density at radius 2 is 0.783 bits per heavy atom. The van der Waals surface area contributed by atoms with Gasteiger partial charge in [-0.25, -0.2) is 0 Å². The van der Waals surface area contributed by atoms with Crippen LogP contribution in [-0.2, 0) is 57.2 Å². The van der Waals surface area contributed by atoms with Gasteiger partial charge in [-0.2, -0.15) is 0 Å². The second kappa shape index (κ2) is 23.2. The van der Waals surface area contributed by atoms with E-state index in [1.54, 1.807) is 6.92 Å². The van der Waals surface area contributed by atoms with E-state index in [4.69, 9.17) is 28.4 Å². The maximum atomic E-state index is 12.4. The summed E-state index contributed by atoms with van der Waals surface area (Å²) >= 11 is 0. The minimum absolute atomic E-state index is 0.00728. The molecule has 12 nitrogen and oxygen atoms in total. The number of esters is 6. The summed E-state index contributed by atoms with van der Waals surface area (Å²) in [4.78, 5) is 73.0. The smallest absolute Gasteiger partial charge is 0.302 e. The molecule has 0 aromatic rings. The van der Waals surface area contributed by atoms with Crippen molar-refractivity contribution in [3.05, 3.63) is 0 Å². The molecular formula is C34H58O12. The molecule has 0 bridgehead atoms. The zero-order valence-corrected chi connectivity index (χ0v) is 29.6. The van der Waals surface area contributed by atoms with Crippen LogP contribution in [0.4, 0.5) is 0 Å². The van der Waals surface area contributed by atoms with E-state index in [1.165, 1.54) is 41.5 Å². The maximum absolute atomic E-state index is 12.4. The van der Waals surface area contributed by atoms with Gasteiger partial charge in [0.15, 0.2) is 0 Å². The minimum Gasteiger partial charge on any atom is -0.463 e. The van der Waals surface area contributed by atoms with Gasteiger partial charge in [0.05, 0.1) is 0 Å². The molecule has 0 rings (SSSR count). The average molecular weight is 659 g/mol. The highest BCUT2D eigenvalue weighted by molar-refractivity contribution is 5.68. The van der Waals surface area contributed by atoms with E-state index in [9.17, 15) is 28.8 Å². The lowest BCUT2D eigenvalue weighted by atomic mass is 9.82. The van der Waals surface area contributed by atoms with Crippen LogP contribution < -0.4 is 0 Å². The SMILES string of the molecule is CCCCC(OC(C)=O)C(CCC)C(CC(CC(OC(C)=O)C(CCC)C(CC(C)OC(C)=O)OC(C)=O)OC(C)=O)OC(C)=O. The second-order valence-electron chi connectivity index (χ2n) is 12.0. The van der Waals surface area contributed by atoms with Crippen molar-refractivity contribution < 1.29 is 57.2 Å². The van der Waals surface area contributed by atoms with Gasteiger partial charge in [0.2, 0.25) is 0 Å². The molecule has 0 fully saturated rings. The van der Waals surface area contributed by atoms with Crippen LogP contribution in [0.1, 0.15) is 133 Å². The molecule has 0 aliphatic carbocycles. The topological polar surface area (TPSA) is 158 Å². The van der Waals surface area contributed by atoms with E-state index < -0.39 is 78.4 Å². The fraction of sp³-hybridized carbons (Fsp3) is 0.824. The quantitative estimate of drug-likeness (QED) is 0.0963. The van der Waals surface area contributed by atoms with E-state index in [0.29, 0.717) is 32.1 Å². The number of carbonyl (C=O) groups is 6. The molecule has 8 unspecified atom stereocenters. The van der Waals surface area contributed by atoms with Gasteiger partial charge in [0.1, 0.15) is 36.6 Å². The second-order valence-corrected chi connectivity index (χ2v) is 12.0. The molecule has 0 amide bonds. The Bertz CT molecular complexity index is 964. The van der Waals surface area contributed by atoms with Gasteiger partial charge in [-0.3, -0.25) is 28.8 Å². The van der Waals surface area contributed by atoms with Crippen LogP contribution >= 0.6 is 0 Å². The summed E-state index contributed by atoms with van der Waals surface area (Å²) in [6, 6.07) is 0. The third kappa shape index (κ3) is 18.7. The zero-order valence-electron chi connectivity index (χ0n) is 29.6. The summed E-state index contributed by atoms with van der Waals surface area (Å²) in [5, 5.41) is 0. The molecule has 0 saturated carbocycles. The van der Waals surface area contributed by atoms with E-state index in [-0.39, 0.29) is 25.2 Å². The van der Waals surface area contributed by atoms with E-state index in [1.807, 2.05) is 20.8 Å². The Labute approximate surface area is 274 Å². The molecule has 266 valence electrons. The molecule has 0 spiro atoms. The largest absolute Gasteiger partial charge is 0.463 e. The molecule has 0 aromatic carbocycles. The molecular weight excluding hydrogens is 600 g/mol. The highest BCUT2D eigenvalue weighted by Gasteiger charge is 2.40. The Balaban J connectivity index is 6.80. The predicted molar refractivity (Wildman–Crippen MR) is 169 cm³/mol. The standard InChI is InChI=1S/C34H58O12/c1-11-14-17-31(43-24(7)37)29(15-12-2)33(45-26(9)39)19-28(42-23(6)36)20-34(46-27(10)40)30(16-13-3)32(44-25(8)38)18-21(4)41-22(5)35/h21,28-34H,11-20H2,1-10H3. The van der Waals surface area contributed by atoms with E-state index >= 15 is 0 Å². The Kier molecular flexibility index (Phi) is 21.6. The fourth-order valence-corrected chi connectivity index (χ4v) is 6.04. The molecule has 0 aliphatic heterocycles. The van der Waals surface area contributed by atoms with Gasteiger partial charge in [-0.05, 0) is 26.2 Å². The molecule has 0 saturated heterocycles. The van der Waals surface area contributed by atoms with Crippen LogP contribution in [0.3, 0.4) is 0 Å². The minimum atomic E-state index is -0.891. The summed E-state index contributed by atoms with van der Waals surface area (Å²) in [5.41, 5.74) is 0. The van der Waals surface area contributed by atoms with Crippen molar-refractivity contribution in [2.24, 2.45) is 11.8 Å². The van der Waals surface area contributed by atoms with Crippen LogP contribution in [0, 0.1) is 11.8 Å². The number of hydrogen-bond donors (Lipinski definition) is 0. The van der Waals surface area contributed by atoms with Crippen LogP contribution in [-0.4, -0.2) is 72.4 Å². The number of ether oxygens (including phenoxy) is 6. The summed E-state index contributed by atoms with van der Waals surface area (Å²) < 4.78 is 34.2. The number of hydrogen-bond acceptors (Lipinski definition) is 12. The molecule has 0 radical (unpaired) electrons. The lowest BCUT2D eigenvalue weighted by Gasteiger charge is -2.37. The van der Waals surface area contributed by atoms with Crippen molar-refractivity contribution >= 4 is 35.8 Å². The molecule has 8 atom stereocenters. The van der Waals surface area contributed by atoms with Crippen LogP contribution in [0.2, 0.25) is 0 Å². The van der Waals surface area contributed by atoms with Gasteiger partial charge in [0, 0.05) is 72.6 Å². The first-order chi connectivity index (χ1) is 21.5. The monoisotopic (exact) mass is 658 g/mol. The third-order valence-corrected chi connectivity index (χ3v) is 7.52. The number of rotatable bonds is 23. The normalized spacial score (nSPS) is 16.3. The maximum Gasteiger partial charge on any atom is 0.302 e. The zero-order chi connectivity index (χ0) is 35.4. The van der Waals surface area contributed by atoms with Crippen molar-refractivity contribution in [3.63, 3.8) is 0 Å². The van der Waals surface area contributed by atoms with Crippen molar-refractivity contribution in [2.45, 2.75) is 170 Å². The molecule has 46 heavy (non-hydrogen) atoms. The lowest BCUT2D eigenvalue weighted by Crippen LogP contribution is -2.44. The fourth-order valence-electron chi connectivity index (χ4n) is 6.04. The Hall–Kier alpha value is -3.18. The van der Waals surface area contributed by atoms with Crippen molar-refractivity contribution in [1.29, 1.82) is 0 Å². The summed E-state index contributed by atoms with van der Waals surface area (Å²) in [7, 11) is 0. The Morgan fingerprint density at radius 1 is 0.435 bits per heavy atom. The van der Waals surface area contributed by atoms with Gasteiger partial charge in [-0.1, -0.05) is 46.5 Å². The predicted octanol–water partition coefficient (Wildman–Crippen LogP) is 5.79. The van der Waals surface area contributed by atoms with Crippen molar-refractivity contribution in [1.82, 2.24) is 0 Å². The first-order valence-electron chi connectivity index (χ1n) is 16.6. The average Bonchev–Trinajstić information content (AvgIpc) is 2.90. The summed E-state index contributed by atoms with van der Waals surface area (Å²) in [6.45, 7) is 15.3. The first-order valence-corrected chi connectivity index (χ1v) is 16.6. The van der Waals surface area contributed by atoms with Gasteiger partial charge in [-0.15, -0.1) is 0 Å². The van der Waals surface area contributed by atoms with Gasteiger partial charge < -0.3 is 28.4 Å². The highest BCUT2D eigenvalue weighted by Crippen LogP contribution is 2.33. The van der Waals surface area contributed by atoms with Crippen LogP contribution in [0.15, 0.2) is 0 Å². The highest BCUT2D eigenvalue weighted by atomic mass is 16.6. The first kappa shape index (κ1) is 42.8. The van der Waals surface area contributed by atoms with E-state index in [0.717, 1.165) is 12.8 Å². The van der Waals surface area contributed by atoms with Crippen molar-refractivity contribution in [2.75, 3.05) is 0 Å². The Morgan fingerprint density at radius 3 is 1.13 bits per heavy atom. The molecule has 0 aromatic heterocycles. The molecule has 0 aliphatic rings. The van der Waals surface area contributed by atoms with Gasteiger partial charge >= 0.3 is 35.8 Å².